The molecule has 0 N–H and O–H groups in total. The first-order valence-electron chi connectivity index (χ1n) is 11.0. The molecule has 4 rings (SSSR count). The number of hydrogen-bond donors (Lipinski definition) is 0. The molecule has 0 saturated heterocycles. The van der Waals surface area contributed by atoms with E-state index in [-0.39, 0.29) is 0 Å². The van der Waals surface area contributed by atoms with Gasteiger partial charge in [-0.25, -0.2) is 0 Å². The van der Waals surface area contributed by atoms with Crippen LogP contribution in [0.25, 0.3) is 17.2 Å². The van der Waals surface area contributed by atoms with Crippen LogP contribution in [-0.2, 0) is 0 Å². The number of halogens is 1. The van der Waals surface area contributed by atoms with Crippen LogP contribution >= 0.6 is 11.6 Å². The Labute approximate surface area is 201 Å². The summed E-state index contributed by atoms with van der Waals surface area (Å²) < 4.78 is 0. The van der Waals surface area contributed by atoms with Crippen molar-refractivity contribution in [2.24, 2.45) is 0 Å². The summed E-state index contributed by atoms with van der Waals surface area (Å²) in [6.45, 7) is 2.04. The predicted molar refractivity (Wildman–Crippen MR) is 144 cm³/mol. The van der Waals surface area contributed by atoms with Crippen molar-refractivity contribution in [2.45, 2.75) is 6.92 Å². The van der Waals surface area contributed by atoms with Gasteiger partial charge in [0, 0.05) is 22.1 Å². The second-order valence-electron chi connectivity index (χ2n) is 7.59. The lowest BCUT2D eigenvalue weighted by Crippen LogP contribution is -2.15. The van der Waals surface area contributed by atoms with Crippen molar-refractivity contribution in [1.82, 2.24) is 0 Å². The van der Waals surface area contributed by atoms with Crippen molar-refractivity contribution in [1.29, 1.82) is 0 Å². The minimum atomic E-state index is 0.721. The van der Waals surface area contributed by atoms with E-state index in [9.17, 15) is 0 Å². The van der Waals surface area contributed by atoms with E-state index in [4.69, 9.17) is 11.6 Å². The third-order valence-corrected chi connectivity index (χ3v) is 5.52. The third-order valence-electron chi connectivity index (χ3n) is 5.27. The maximum atomic E-state index is 6.18. The number of nitrogens with zero attached hydrogens (tertiary/aromatic N) is 1. The Bertz CT molecular complexity index is 1240. The molecule has 4 aromatic rings. The van der Waals surface area contributed by atoms with E-state index in [1.807, 2.05) is 55.5 Å². The summed E-state index contributed by atoms with van der Waals surface area (Å²) in [5.74, 6) is 0. The normalized spacial score (nSPS) is 11.9. The van der Waals surface area contributed by atoms with Gasteiger partial charge < -0.3 is 4.90 Å². The average molecular weight is 448 g/mol. The summed E-state index contributed by atoms with van der Waals surface area (Å²) in [6.07, 6.45) is 10.5. The standard InChI is InChI=1S/C31H26ClN/c1-2-10-29(16-9-13-25-11-5-3-6-12-25)33(31-23-19-28(32)20-24-31)30-21-17-27(18-22-30)26-14-7-4-8-15-26/h2-24H,1H3/b10-2-,13-9+,29-16+. The Morgan fingerprint density at radius 2 is 1.21 bits per heavy atom. The first kappa shape index (κ1) is 22.4. The molecule has 0 aliphatic carbocycles. The quantitative estimate of drug-likeness (QED) is 0.255. The Hall–Kier alpha value is -3.81. The van der Waals surface area contributed by atoms with Crippen LogP contribution < -0.4 is 4.90 Å². The molecule has 0 aromatic heterocycles. The maximum Gasteiger partial charge on any atom is 0.0462 e. The molecule has 0 aliphatic heterocycles. The Kier molecular flexibility index (Phi) is 7.58. The number of anilines is 2. The van der Waals surface area contributed by atoms with Crippen LogP contribution in [0.15, 0.2) is 139 Å². The second-order valence-corrected chi connectivity index (χ2v) is 8.02. The Morgan fingerprint density at radius 3 is 1.82 bits per heavy atom. The van der Waals surface area contributed by atoms with Gasteiger partial charge in [0.2, 0.25) is 0 Å². The van der Waals surface area contributed by atoms with Gasteiger partial charge in [0.25, 0.3) is 0 Å². The SMILES string of the molecule is C\C=C/C(=C\C=C\c1ccccc1)N(c1ccc(Cl)cc1)c1ccc(-c2ccccc2)cc1. The molecule has 33 heavy (non-hydrogen) atoms. The number of hydrogen-bond acceptors (Lipinski definition) is 1. The van der Waals surface area contributed by atoms with Gasteiger partial charge in [-0.05, 0) is 72.2 Å². The van der Waals surface area contributed by atoms with Crippen LogP contribution in [0.5, 0.6) is 0 Å². The first-order valence-corrected chi connectivity index (χ1v) is 11.4. The average Bonchev–Trinajstić information content (AvgIpc) is 2.87. The highest BCUT2D eigenvalue weighted by molar-refractivity contribution is 6.30. The van der Waals surface area contributed by atoms with E-state index in [2.05, 4.69) is 95.9 Å². The zero-order valence-corrected chi connectivity index (χ0v) is 19.4. The molecule has 162 valence electrons. The molecule has 0 heterocycles. The Morgan fingerprint density at radius 1 is 0.667 bits per heavy atom. The van der Waals surface area contributed by atoms with Crippen LogP contribution in [0.4, 0.5) is 11.4 Å². The van der Waals surface area contributed by atoms with E-state index in [0.717, 1.165) is 22.1 Å². The van der Waals surface area contributed by atoms with Crippen LogP contribution in [0, 0.1) is 0 Å². The summed E-state index contributed by atoms with van der Waals surface area (Å²) >= 11 is 6.18. The van der Waals surface area contributed by atoms with Gasteiger partial charge in [-0.3, -0.25) is 0 Å². The second kappa shape index (κ2) is 11.2. The molecular weight excluding hydrogens is 422 g/mol. The molecule has 0 atom stereocenters. The van der Waals surface area contributed by atoms with Gasteiger partial charge in [-0.2, -0.15) is 0 Å². The summed E-state index contributed by atoms with van der Waals surface area (Å²) in [5.41, 5.74) is 6.74. The molecule has 1 nitrogen and oxygen atoms in total. The highest BCUT2D eigenvalue weighted by atomic mass is 35.5. The maximum absolute atomic E-state index is 6.18. The van der Waals surface area contributed by atoms with Gasteiger partial charge in [0.1, 0.15) is 0 Å². The fourth-order valence-corrected chi connectivity index (χ4v) is 3.79. The van der Waals surface area contributed by atoms with Crippen molar-refractivity contribution < 1.29 is 0 Å². The van der Waals surface area contributed by atoms with E-state index in [0.29, 0.717) is 0 Å². The fraction of sp³-hybridized carbons (Fsp3) is 0.0323. The summed E-state index contributed by atoms with van der Waals surface area (Å²) in [7, 11) is 0. The topological polar surface area (TPSA) is 3.24 Å². The van der Waals surface area contributed by atoms with E-state index in [1.165, 1.54) is 16.7 Å². The monoisotopic (exact) mass is 447 g/mol. The zero-order valence-electron chi connectivity index (χ0n) is 18.6. The van der Waals surface area contributed by atoms with Crippen LogP contribution in [0.1, 0.15) is 12.5 Å². The molecule has 2 heteroatoms. The zero-order chi connectivity index (χ0) is 22.9. The molecule has 0 aliphatic rings. The van der Waals surface area contributed by atoms with Crippen molar-refractivity contribution >= 4 is 29.1 Å². The molecule has 4 aromatic carbocycles. The minimum absolute atomic E-state index is 0.721. The number of allylic oxidation sites excluding steroid dienone is 4. The summed E-state index contributed by atoms with van der Waals surface area (Å²) in [5, 5.41) is 0.721. The predicted octanol–water partition coefficient (Wildman–Crippen LogP) is 9.32. The molecule has 0 unspecified atom stereocenters. The fourth-order valence-electron chi connectivity index (χ4n) is 3.67. The lowest BCUT2D eigenvalue weighted by atomic mass is 10.0. The highest BCUT2D eigenvalue weighted by Gasteiger charge is 2.13. The van der Waals surface area contributed by atoms with Gasteiger partial charge in [0.15, 0.2) is 0 Å². The summed E-state index contributed by atoms with van der Waals surface area (Å²) in [4.78, 5) is 2.24. The largest absolute Gasteiger partial charge is 0.311 e. The molecule has 0 spiro atoms. The van der Waals surface area contributed by atoms with E-state index >= 15 is 0 Å². The molecule has 0 bridgehead atoms. The van der Waals surface area contributed by atoms with Gasteiger partial charge in [0.05, 0.1) is 0 Å². The van der Waals surface area contributed by atoms with Crippen molar-refractivity contribution in [3.8, 4) is 11.1 Å². The van der Waals surface area contributed by atoms with E-state index in [1.54, 1.807) is 0 Å². The lowest BCUT2D eigenvalue weighted by Gasteiger charge is -2.26. The van der Waals surface area contributed by atoms with Gasteiger partial charge in [-0.1, -0.05) is 103 Å². The van der Waals surface area contributed by atoms with Gasteiger partial charge in [-0.15, -0.1) is 0 Å². The van der Waals surface area contributed by atoms with E-state index < -0.39 is 0 Å². The number of benzene rings is 4. The summed E-state index contributed by atoms with van der Waals surface area (Å²) in [6, 6.07) is 37.3. The molecule has 0 saturated carbocycles. The highest BCUT2D eigenvalue weighted by Crippen LogP contribution is 2.33. The molecule has 0 fully saturated rings. The van der Waals surface area contributed by atoms with Crippen molar-refractivity contribution in [3.05, 3.63) is 150 Å². The Balaban J connectivity index is 1.74. The third kappa shape index (κ3) is 5.91. The van der Waals surface area contributed by atoms with Gasteiger partial charge >= 0.3 is 0 Å². The molecular formula is C31H26ClN. The minimum Gasteiger partial charge on any atom is -0.311 e. The van der Waals surface area contributed by atoms with Crippen LogP contribution in [0.3, 0.4) is 0 Å². The number of rotatable bonds is 7. The smallest absolute Gasteiger partial charge is 0.0462 e. The first-order chi connectivity index (χ1) is 16.2. The van der Waals surface area contributed by atoms with Crippen molar-refractivity contribution in [2.75, 3.05) is 4.90 Å². The lowest BCUT2D eigenvalue weighted by molar-refractivity contribution is 1.21. The van der Waals surface area contributed by atoms with Crippen molar-refractivity contribution in [3.63, 3.8) is 0 Å². The van der Waals surface area contributed by atoms with Crippen LogP contribution in [0.2, 0.25) is 5.02 Å². The van der Waals surface area contributed by atoms with Crippen LogP contribution in [-0.4, -0.2) is 0 Å². The molecule has 0 radical (unpaired) electrons. The molecule has 0 amide bonds.